The van der Waals surface area contributed by atoms with Gasteiger partial charge in [-0.2, -0.15) is 0 Å². The normalized spacial score (nSPS) is 10.6. The molecule has 0 atom stereocenters. The van der Waals surface area contributed by atoms with Crippen LogP contribution in [0.1, 0.15) is 32.4 Å². The van der Waals surface area contributed by atoms with E-state index in [1.54, 1.807) is 0 Å². The van der Waals surface area contributed by atoms with Crippen LogP contribution in [0.2, 0.25) is 0 Å². The highest BCUT2D eigenvalue weighted by Gasteiger charge is 2.06. The SMILES string of the molecule is CCCCn1nnc(Br)c1CC. The number of aromatic nitrogens is 3. The molecule has 12 heavy (non-hydrogen) atoms. The summed E-state index contributed by atoms with van der Waals surface area (Å²) in [5.74, 6) is 0. The Balaban J connectivity index is 2.70. The fraction of sp³-hybridized carbons (Fsp3) is 0.750. The van der Waals surface area contributed by atoms with Crippen molar-refractivity contribution in [3.63, 3.8) is 0 Å². The van der Waals surface area contributed by atoms with E-state index in [1.165, 1.54) is 18.5 Å². The van der Waals surface area contributed by atoms with Gasteiger partial charge >= 0.3 is 0 Å². The highest BCUT2D eigenvalue weighted by atomic mass is 79.9. The molecule has 4 heteroatoms. The predicted octanol–water partition coefficient (Wildman–Crippen LogP) is 2.40. The molecule has 0 aliphatic carbocycles. The van der Waals surface area contributed by atoms with Crippen LogP contribution in [0.15, 0.2) is 4.60 Å². The second-order valence-electron chi connectivity index (χ2n) is 2.76. The van der Waals surface area contributed by atoms with Crippen LogP contribution in [0, 0.1) is 0 Å². The average Bonchev–Trinajstić information content (AvgIpc) is 2.43. The van der Waals surface area contributed by atoms with E-state index in [0.717, 1.165) is 17.6 Å². The van der Waals surface area contributed by atoms with Gasteiger partial charge in [-0.1, -0.05) is 25.5 Å². The lowest BCUT2D eigenvalue weighted by Crippen LogP contribution is -2.04. The number of rotatable bonds is 4. The number of unbranched alkanes of at least 4 members (excludes halogenated alkanes) is 1. The Labute approximate surface area is 81.3 Å². The van der Waals surface area contributed by atoms with Crippen LogP contribution in [-0.4, -0.2) is 15.0 Å². The maximum absolute atomic E-state index is 4.04. The predicted molar refractivity (Wildman–Crippen MR) is 52.0 cm³/mol. The van der Waals surface area contributed by atoms with E-state index in [2.05, 4.69) is 40.1 Å². The minimum Gasteiger partial charge on any atom is -0.248 e. The van der Waals surface area contributed by atoms with E-state index < -0.39 is 0 Å². The maximum atomic E-state index is 4.04. The summed E-state index contributed by atoms with van der Waals surface area (Å²) >= 11 is 3.37. The monoisotopic (exact) mass is 231 g/mol. The first-order chi connectivity index (χ1) is 5.79. The second-order valence-corrected chi connectivity index (χ2v) is 3.51. The van der Waals surface area contributed by atoms with Gasteiger partial charge in [0.2, 0.25) is 0 Å². The molecule has 1 aromatic heterocycles. The first-order valence-electron chi connectivity index (χ1n) is 4.37. The maximum Gasteiger partial charge on any atom is 0.151 e. The molecular formula is C8H14BrN3. The van der Waals surface area contributed by atoms with Crippen molar-refractivity contribution in [2.24, 2.45) is 0 Å². The Morgan fingerprint density at radius 3 is 2.75 bits per heavy atom. The standard InChI is InChI=1S/C8H14BrN3/c1-3-5-6-12-7(4-2)8(9)10-11-12/h3-6H2,1-2H3. The molecule has 1 rings (SSSR count). The molecule has 0 saturated heterocycles. The third-order valence-electron chi connectivity index (χ3n) is 1.85. The van der Waals surface area contributed by atoms with Gasteiger partial charge < -0.3 is 0 Å². The Bertz CT molecular complexity index is 244. The van der Waals surface area contributed by atoms with Crippen molar-refractivity contribution in [3.8, 4) is 0 Å². The van der Waals surface area contributed by atoms with Crippen molar-refractivity contribution in [2.75, 3.05) is 0 Å². The van der Waals surface area contributed by atoms with E-state index in [0.29, 0.717) is 0 Å². The minimum absolute atomic E-state index is 0.890. The van der Waals surface area contributed by atoms with Gasteiger partial charge in [-0.25, -0.2) is 4.68 Å². The zero-order valence-electron chi connectivity index (χ0n) is 7.55. The van der Waals surface area contributed by atoms with Crippen LogP contribution >= 0.6 is 15.9 Å². The quantitative estimate of drug-likeness (QED) is 0.797. The van der Waals surface area contributed by atoms with Gasteiger partial charge in [0.05, 0.1) is 5.69 Å². The number of aryl methyl sites for hydroxylation is 1. The third kappa shape index (κ3) is 2.06. The van der Waals surface area contributed by atoms with Gasteiger partial charge in [-0.05, 0) is 28.8 Å². The molecule has 0 fully saturated rings. The molecule has 0 amide bonds. The van der Waals surface area contributed by atoms with E-state index in [1.807, 2.05) is 4.68 Å². The summed E-state index contributed by atoms with van der Waals surface area (Å²) in [6.45, 7) is 5.28. The summed E-state index contributed by atoms with van der Waals surface area (Å²) in [5.41, 5.74) is 1.20. The second kappa shape index (κ2) is 4.60. The van der Waals surface area contributed by atoms with Gasteiger partial charge in [0.15, 0.2) is 4.60 Å². The Morgan fingerprint density at radius 1 is 1.42 bits per heavy atom. The molecule has 0 saturated carbocycles. The van der Waals surface area contributed by atoms with E-state index >= 15 is 0 Å². The summed E-state index contributed by atoms with van der Waals surface area (Å²) in [7, 11) is 0. The Kier molecular flexibility index (Phi) is 3.72. The zero-order valence-corrected chi connectivity index (χ0v) is 9.13. The third-order valence-corrected chi connectivity index (χ3v) is 2.46. The Hall–Kier alpha value is -0.380. The first-order valence-corrected chi connectivity index (χ1v) is 5.16. The van der Waals surface area contributed by atoms with E-state index in [4.69, 9.17) is 0 Å². The molecule has 0 N–H and O–H groups in total. The van der Waals surface area contributed by atoms with Crippen molar-refractivity contribution in [3.05, 3.63) is 10.3 Å². The van der Waals surface area contributed by atoms with Crippen molar-refractivity contribution >= 4 is 15.9 Å². The minimum atomic E-state index is 0.890. The summed E-state index contributed by atoms with van der Waals surface area (Å²) in [6, 6.07) is 0. The van der Waals surface area contributed by atoms with Crippen molar-refractivity contribution in [2.45, 2.75) is 39.7 Å². The van der Waals surface area contributed by atoms with Crippen molar-refractivity contribution in [1.82, 2.24) is 15.0 Å². The topological polar surface area (TPSA) is 30.7 Å². The summed E-state index contributed by atoms with van der Waals surface area (Å²) in [5, 5.41) is 8.01. The van der Waals surface area contributed by atoms with Gasteiger partial charge in [0.25, 0.3) is 0 Å². The van der Waals surface area contributed by atoms with Crippen molar-refractivity contribution < 1.29 is 0 Å². The average molecular weight is 232 g/mol. The van der Waals surface area contributed by atoms with E-state index in [9.17, 15) is 0 Å². The zero-order chi connectivity index (χ0) is 8.97. The van der Waals surface area contributed by atoms with Gasteiger partial charge in [0, 0.05) is 6.54 Å². The summed E-state index contributed by atoms with van der Waals surface area (Å²) < 4.78 is 2.87. The van der Waals surface area contributed by atoms with E-state index in [-0.39, 0.29) is 0 Å². The van der Waals surface area contributed by atoms with Crippen LogP contribution < -0.4 is 0 Å². The summed E-state index contributed by atoms with van der Waals surface area (Å²) in [6.07, 6.45) is 3.35. The molecule has 0 aliphatic heterocycles. The lowest BCUT2D eigenvalue weighted by atomic mass is 10.3. The number of hydrogen-bond acceptors (Lipinski definition) is 2. The Morgan fingerprint density at radius 2 is 2.17 bits per heavy atom. The molecule has 0 unspecified atom stereocenters. The molecule has 0 aromatic carbocycles. The lowest BCUT2D eigenvalue weighted by Gasteiger charge is -2.02. The molecule has 0 radical (unpaired) electrons. The van der Waals surface area contributed by atoms with Gasteiger partial charge in [0.1, 0.15) is 0 Å². The molecule has 0 aliphatic rings. The number of hydrogen-bond donors (Lipinski definition) is 0. The molecule has 3 nitrogen and oxygen atoms in total. The molecule has 1 heterocycles. The lowest BCUT2D eigenvalue weighted by molar-refractivity contribution is 0.535. The molecule has 0 bridgehead atoms. The van der Waals surface area contributed by atoms with Crippen LogP contribution in [0.3, 0.4) is 0 Å². The number of nitrogens with zero attached hydrogens (tertiary/aromatic N) is 3. The van der Waals surface area contributed by atoms with Crippen LogP contribution in [-0.2, 0) is 13.0 Å². The number of halogens is 1. The molecular weight excluding hydrogens is 218 g/mol. The summed E-state index contributed by atoms with van der Waals surface area (Å²) in [4.78, 5) is 0. The van der Waals surface area contributed by atoms with Crippen molar-refractivity contribution in [1.29, 1.82) is 0 Å². The molecule has 0 spiro atoms. The molecule has 68 valence electrons. The van der Waals surface area contributed by atoms with Gasteiger partial charge in [-0.3, -0.25) is 0 Å². The highest BCUT2D eigenvalue weighted by molar-refractivity contribution is 9.10. The highest BCUT2D eigenvalue weighted by Crippen LogP contribution is 2.13. The van der Waals surface area contributed by atoms with Gasteiger partial charge in [-0.15, -0.1) is 5.10 Å². The fourth-order valence-electron chi connectivity index (χ4n) is 1.13. The molecule has 1 aromatic rings. The first kappa shape index (κ1) is 9.71. The van der Waals surface area contributed by atoms with Crippen LogP contribution in [0.25, 0.3) is 0 Å². The van der Waals surface area contributed by atoms with Crippen LogP contribution in [0.4, 0.5) is 0 Å². The fourth-order valence-corrected chi connectivity index (χ4v) is 1.68. The van der Waals surface area contributed by atoms with Crippen LogP contribution in [0.5, 0.6) is 0 Å². The smallest absolute Gasteiger partial charge is 0.151 e. The largest absolute Gasteiger partial charge is 0.248 e.